The minimum atomic E-state index is -0.608. The number of nitrogens with two attached hydrogens (primary N) is 1. The third kappa shape index (κ3) is 2.18. The van der Waals surface area contributed by atoms with Crippen molar-refractivity contribution in [2.75, 3.05) is 6.54 Å². The van der Waals surface area contributed by atoms with Crippen LogP contribution >= 0.6 is 0 Å². The molecule has 6 heteroatoms. The zero-order valence-electron chi connectivity index (χ0n) is 7.11. The molecular weight excluding hydrogens is 186 g/mol. The van der Waals surface area contributed by atoms with Crippen LogP contribution in [0.3, 0.4) is 0 Å². The summed E-state index contributed by atoms with van der Waals surface area (Å²) >= 11 is 0. The number of hydrogen-bond acceptors (Lipinski definition) is 4. The quantitative estimate of drug-likeness (QED) is 0.359. The molecule has 0 amide bonds. The molecule has 0 saturated carbocycles. The predicted molar refractivity (Wildman–Crippen MR) is 49.6 cm³/mol. The van der Waals surface area contributed by atoms with Gasteiger partial charge in [-0.3, -0.25) is 14.9 Å². The summed E-state index contributed by atoms with van der Waals surface area (Å²) in [4.78, 5) is 23.0. The van der Waals surface area contributed by atoms with Crippen LogP contribution in [0.25, 0.3) is 0 Å². The van der Waals surface area contributed by atoms with Gasteiger partial charge in [-0.1, -0.05) is 11.8 Å². The largest absolute Gasteiger partial charge is 0.322 e. The molecule has 1 aromatic rings. The summed E-state index contributed by atoms with van der Waals surface area (Å²) in [6.07, 6.45) is 1.02. The fraction of sp³-hybridized carbons (Fsp3) is 0.125. The van der Waals surface area contributed by atoms with Crippen molar-refractivity contribution in [3.8, 4) is 11.8 Å². The maximum absolute atomic E-state index is 11.1. The molecule has 1 aromatic heterocycles. The topological polar surface area (TPSA) is 102 Å². The van der Waals surface area contributed by atoms with Gasteiger partial charge in [-0.15, -0.1) is 0 Å². The highest BCUT2D eigenvalue weighted by molar-refractivity contribution is 5.40. The van der Waals surface area contributed by atoms with Crippen LogP contribution in [0.5, 0.6) is 0 Å². The van der Waals surface area contributed by atoms with Crippen LogP contribution in [0.4, 0.5) is 5.69 Å². The maximum Gasteiger partial charge on any atom is 0.286 e. The van der Waals surface area contributed by atoms with Gasteiger partial charge in [0.2, 0.25) is 0 Å². The minimum absolute atomic E-state index is 0.0460. The van der Waals surface area contributed by atoms with Gasteiger partial charge < -0.3 is 10.7 Å². The summed E-state index contributed by atoms with van der Waals surface area (Å²) in [5, 5.41) is 10.3. The molecule has 0 aliphatic rings. The number of H-pyrrole nitrogens is 1. The van der Waals surface area contributed by atoms with Gasteiger partial charge >= 0.3 is 0 Å². The van der Waals surface area contributed by atoms with Crippen LogP contribution in [-0.4, -0.2) is 16.5 Å². The summed E-state index contributed by atoms with van der Waals surface area (Å²) in [7, 11) is 0. The highest BCUT2D eigenvalue weighted by atomic mass is 16.6. The van der Waals surface area contributed by atoms with Crippen molar-refractivity contribution in [3.63, 3.8) is 0 Å². The zero-order valence-corrected chi connectivity index (χ0v) is 7.11. The summed E-state index contributed by atoms with van der Waals surface area (Å²) < 4.78 is 0. The summed E-state index contributed by atoms with van der Waals surface area (Å²) in [6.45, 7) is 0.0993. The Morgan fingerprint density at radius 2 is 2.36 bits per heavy atom. The van der Waals surface area contributed by atoms with E-state index in [1.54, 1.807) is 0 Å². The van der Waals surface area contributed by atoms with E-state index >= 15 is 0 Å². The van der Waals surface area contributed by atoms with E-state index in [0.29, 0.717) is 0 Å². The summed E-state index contributed by atoms with van der Waals surface area (Å²) in [6, 6.07) is 1.11. The molecule has 0 aliphatic carbocycles. The molecule has 0 fully saturated rings. The summed E-state index contributed by atoms with van der Waals surface area (Å²) in [5.74, 6) is 4.89. The van der Waals surface area contributed by atoms with E-state index < -0.39 is 10.5 Å². The molecule has 0 unspecified atom stereocenters. The Morgan fingerprint density at radius 3 is 2.93 bits per heavy atom. The van der Waals surface area contributed by atoms with Crippen LogP contribution in [-0.2, 0) is 0 Å². The second-order valence-electron chi connectivity index (χ2n) is 2.36. The van der Waals surface area contributed by atoms with Gasteiger partial charge in [-0.25, -0.2) is 0 Å². The smallest absolute Gasteiger partial charge is 0.286 e. The van der Waals surface area contributed by atoms with E-state index in [1.165, 1.54) is 0 Å². The fourth-order valence-corrected chi connectivity index (χ4v) is 0.817. The van der Waals surface area contributed by atoms with Crippen molar-refractivity contribution < 1.29 is 4.92 Å². The van der Waals surface area contributed by atoms with Crippen LogP contribution in [0.15, 0.2) is 17.1 Å². The molecule has 14 heavy (non-hydrogen) atoms. The molecule has 0 spiro atoms. The van der Waals surface area contributed by atoms with Gasteiger partial charge in [0.15, 0.2) is 0 Å². The van der Waals surface area contributed by atoms with Gasteiger partial charge in [0.1, 0.15) is 0 Å². The number of nitrogens with zero attached hydrogens (tertiary/aromatic N) is 1. The van der Waals surface area contributed by atoms with Crippen molar-refractivity contribution >= 4 is 5.69 Å². The van der Waals surface area contributed by atoms with Gasteiger partial charge in [0.05, 0.1) is 23.2 Å². The van der Waals surface area contributed by atoms with Gasteiger partial charge in [-0.2, -0.15) is 0 Å². The Bertz CT molecular complexity index is 467. The predicted octanol–water partition coefficient (Wildman–Crippen LogP) is -0.407. The Morgan fingerprint density at radius 1 is 1.64 bits per heavy atom. The maximum atomic E-state index is 11.1. The van der Waals surface area contributed by atoms with Crippen molar-refractivity contribution in [1.29, 1.82) is 0 Å². The van der Waals surface area contributed by atoms with Crippen molar-refractivity contribution in [3.05, 3.63) is 38.3 Å². The second kappa shape index (κ2) is 4.20. The molecule has 0 radical (unpaired) electrons. The minimum Gasteiger partial charge on any atom is -0.322 e. The van der Waals surface area contributed by atoms with E-state index in [2.05, 4.69) is 16.8 Å². The lowest BCUT2D eigenvalue weighted by Gasteiger charge is -1.91. The standard InChI is InChI=1S/C8H7N3O3/c9-3-1-2-6-4-7(11(13)14)5-10-8(6)12/h4-5H,3,9H2,(H,10,12). The first-order valence-electron chi connectivity index (χ1n) is 3.71. The van der Waals surface area contributed by atoms with Crippen molar-refractivity contribution in [1.82, 2.24) is 4.98 Å². The molecule has 0 aromatic carbocycles. The number of nitrogens with one attached hydrogen (secondary N) is 1. The molecule has 72 valence electrons. The van der Waals surface area contributed by atoms with Crippen molar-refractivity contribution in [2.24, 2.45) is 5.73 Å². The highest BCUT2D eigenvalue weighted by Crippen LogP contribution is 2.06. The average Bonchev–Trinajstić information content (AvgIpc) is 2.16. The molecule has 0 aliphatic heterocycles. The lowest BCUT2D eigenvalue weighted by atomic mass is 10.2. The average molecular weight is 193 g/mol. The van der Waals surface area contributed by atoms with E-state index in [9.17, 15) is 14.9 Å². The molecule has 3 N–H and O–H groups in total. The van der Waals surface area contributed by atoms with Crippen LogP contribution in [0.1, 0.15) is 5.56 Å². The van der Waals surface area contributed by atoms with E-state index in [0.717, 1.165) is 12.3 Å². The fourth-order valence-electron chi connectivity index (χ4n) is 0.817. The van der Waals surface area contributed by atoms with Gasteiger partial charge in [0, 0.05) is 6.07 Å². The van der Waals surface area contributed by atoms with Gasteiger partial charge in [0.25, 0.3) is 11.2 Å². The third-order valence-corrected chi connectivity index (χ3v) is 1.42. The number of rotatable bonds is 1. The molecule has 0 atom stereocenters. The molecule has 1 rings (SSSR count). The van der Waals surface area contributed by atoms with Gasteiger partial charge in [-0.05, 0) is 0 Å². The number of pyridine rings is 1. The van der Waals surface area contributed by atoms with Crippen LogP contribution in [0.2, 0.25) is 0 Å². The molecule has 0 saturated heterocycles. The third-order valence-electron chi connectivity index (χ3n) is 1.42. The monoisotopic (exact) mass is 193 g/mol. The normalized spacial score (nSPS) is 8.93. The molecule has 0 bridgehead atoms. The van der Waals surface area contributed by atoms with Crippen LogP contribution in [0, 0.1) is 22.0 Å². The molecular formula is C8H7N3O3. The lowest BCUT2D eigenvalue weighted by Crippen LogP contribution is -2.10. The Labute approximate surface area is 78.9 Å². The van der Waals surface area contributed by atoms with E-state index in [-0.39, 0.29) is 17.8 Å². The SMILES string of the molecule is NCC#Cc1cc([N+](=O)[O-])c[nH]c1=O. The molecule has 6 nitrogen and oxygen atoms in total. The Kier molecular flexibility index (Phi) is 2.99. The summed E-state index contributed by atoms with van der Waals surface area (Å²) in [5.41, 5.74) is 4.49. The van der Waals surface area contributed by atoms with E-state index in [1.807, 2.05) is 0 Å². The number of aromatic nitrogens is 1. The number of aromatic amines is 1. The number of nitro groups is 1. The zero-order chi connectivity index (χ0) is 10.6. The van der Waals surface area contributed by atoms with E-state index in [4.69, 9.17) is 5.73 Å². The highest BCUT2D eigenvalue weighted by Gasteiger charge is 2.07. The van der Waals surface area contributed by atoms with Crippen LogP contribution < -0.4 is 11.3 Å². The first-order valence-corrected chi connectivity index (χ1v) is 3.71. The second-order valence-corrected chi connectivity index (χ2v) is 2.36. The number of hydrogen-bond donors (Lipinski definition) is 2. The van der Waals surface area contributed by atoms with Crippen molar-refractivity contribution in [2.45, 2.75) is 0 Å². The lowest BCUT2D eigenvalue weighted by molar-refractivity contribution is -0.385. The Balaban J connectivity index is 3.22. The first kappa shape index (κ1) is 9.95. The Hall–Kier alpha value is -2.13. The first-order chi connectivity index (χ1) is 6.65. The molecule has 1 heterocycles.